The molecule has 0 spiro atoms. The summed E-state index contributed by atoms with van der Waals surface area (Å²) in [5, 5.41) is 0. The van der Waals surface area contributed by atoms with Crippen LogP contribution in [-0.2, 0) is 10.0 Å². The molecule has 2 aromatic heterocycles. The van der Waals surface area contributed by atoms with E-state index in [0.717, 1.165) is 18.5 Å². The van der Waals surface area contributed by atoms with Gasteiger partial charge in [-0.2, -0.15) is 0 Å². The number of nitrogens with one attached hydrogen (secondary N) is 2. The standard InChI is InChI=1S/C11H13FN4O2S/c1-2-10(11-14-3-4-15-11)16-19(17,18)9-5-8(12)6-13-7-9/h3-7,10,16H,2H2,1H3,(H,14,15). The Morgan fingerprint density at radius 3 is 2.84 bits per heavy atom. The summed E-state index contributed by atoms with van der Waals surface area (Å²) in [6.07, 6.45) is 5.70. The fourth-order valence-electron chi connectivity index (χ4n) is 1.60. The van der Waals surface area contributed by atoms with E-state index in [1.54, 1.807) is 6.20 Å². The molecule has 0 aliphatic rings. The Kier molecular flexibility index (Phi) is 3.91. The van der Waals surface area contributed by atoms with Crippen molar-refractivity contribution in [3.8, 4) is 0 Å². The number of pyridine rings is 1. The zero-order chi connectivity index (χ0) is 13.9. The summed E-state index contributed by atoms with van der Waals surface area (Å²) >= 11 is 0. The predicted molar refractivity (Wildman–Crippen MR) is 66.1 cm³/mol. The Balaban J connectivity index is 2.26. The minimum atomic E-state index is -3.83. The number of hydrogen-bond donors (Lipinski definition) is 2. The Labute approximate surface area is 110 Å². The van der Waals surface area contributed by atoms with Crippen LogP contribution in [0.1, 0.15) is 25.2 Å². The normalized spacial score (nSPS) is 13.4. The molecule has 0 fully saturated rings. The minimum Gasteiger partial charge on any atom is -0.347 e. The number of rotatable bonds is 5. The van der Waals surface area contributed by atoms with E-state index in [2.05, 4.69) is 19.7 Å². The molecule has 19 heavy (non-hydrogen) atoms. The third-order valence-corrected chi connectivity index (χ3v) is 3.98. The van der Waals surface area contributed by atoms with Crippen molar-refractivity contribution < 1.29 is 12.8 Å². The van der Waals surface area contributed by atoms with Gasteiger partial charge in [-0.05, 0) is 12.5 Å². The SMILES string of the molecule is CCC(NS(=O)(=O)c1cncc(F)c1)c1ncc[nH]1. The molecular formula is C11H13FN4O2S. The molecule has 2 rings (SSSR count). The number of aromatic nitrogens is 3. The number of aromatic amines is 1. The number of imidazole rings is 1. The van der Waals surface area contributed by atoms with Gasteiger partial charge in [0.2, 0.25) is 10.0 Å². The van der Waals surface area contributed by atoms with Gasteiger partial charge in [0.05, 0.1) is 12.2 Å². The van der Waals surface area contributed by atoms with Gasteiger partial charge in [-0.3, -0.25) is 4.98 Å². The van der Waals surface area contributed by atoms with Gasteiger partial charge >= 0.3 is 0 Å². The topological polar surface area (TPSA) is 87.7 Å². The molecule has 0 amide bonds. The van der Waals surface area contributed by atoms with E-state index < -0.39 is 21.9 Å². The lowest BCUT2D eigenvalue weighted by Gasteiger charge is -2.14. The summed E-state index contributed by atoms with van der Waals surface area (Å²) in [6, 6.07) is 0.424. The molecule has 0 aliphatic heterocycles. The first kappa shape index (κ1) is 13.6. The molecule has 2 N–H and O–H groups in total. The second-order valence-electron chi connectivity index (χ2n) is 3.90. The maximum Gasteiger partial charge on any atom is 0.242 e. The van der Waals surface area contributed by atoms with Crippen LogP contribution in [0.5, 0.6) is 0 Å². The van der Waals surface area contributed by atoms with Gasteiger partial charge in [0.1, 0.15) is 16.5 Å². The molecule has 2 aromatic rings. The van der Waals surface area contributed by atoms with Crippen LogP contribution in [0.2, 0.25) is 0 Å². The number of H-pyrrole nitrogens is 1. The van der Waals surface area contributed by atoms with Gasteiger partial charge in [0.25, 0.3) is 0 Å². The highest BCUT2D eigenvalue weighted by atomic mass is 32.2. The van der Waals surface area contributed by atoms with E-state index in [-0.39, 0.29) is 4.90 Å². The lowest BCUT2D eigenvalue weighted by molar-refractivity contribution is 0.537. The Bertz CT molecular complexity index is 642. The molecule has 8 heteroatoms. The summed E-state index contributed by atoms with van der Waals surface area (Å²) < 4.78 is 39.7. The van der Waals surface area contributed by atoms with Crippen molar-refractivity contribution in [3.05, 3.63) is 42.5 Å². The number of halogens is 1. The molecule has 0 aromatic carbocycles. The maximum atomic E-state index is 13.0. The number of nitrogens with zero attached hydrogens (tertiary/aromatic N) is 2. The van der Waals surface area contributed by atoms with E-state index in [4.69, 9.17) is 0 Å². The van der Waals surface area contributed by atoms with Crippen molar-refractivity contribution in [1.82, 2.24) is 19.7 Å². The van der Waals surface area contributed by atoms with Gasteiger partial charge in [-0.15, -0.1) is 0 Å². The van der Waals surface area contributed by atoms with Crippen LogP contribution in [0, 0.1) is 5.82 Å². The second-order valence-corrected chi connectivity index (χ2v) is 5.61. The Morgan fingerprint density at radius 2 is 2.26 bits per heavy atom. The quantitative estimate of drug-likeness (QED) is 0.868. The monoisotopic (exact) mass is 284 g/mol. The van der Waals surface area contributed by atoms with Crippen molar-refractivity contribution in [1.29, 1.82) is 0 Å². The van der Waals surface area contributed by atoms with E-state index in [9.17, 15) is 12.8 Å². The summed E-state index contributed by atoms with van der Waals surface area (Å²) in [7, 11) is -3.83. The first-order chi connectivity index (χ1) is 9.03. The summed E-state index contributed by atoms with van der Waals surface area (Å²) in [4.78, 5) is 10.2. The fourth-order valence-corrected chi connectivity index (χ4v) is 2.85. The van der Waals surface area contributed by atoms with Gasteiger partial charge in [-0.25, -0.2) is 22.5 Å². The van der Waals surface area contributed by atoms with Gasteiger partial charge < -0.3 is 4.98 Å². The zero-order valence-corrected chi connectivity index (χ0v) is 11.0. The lowest BCUT2D eigenvalue weighted by atomic mass is 10.2. The molecule has 102 valence electrons. The summed E-state index contributed by atoms with van der Waals surface area (Å²) in [5.74, 6) is -0.190. The zero-order valence-electron chi connectivity index (χ0n) is 10.2. The molecule has 0 radical (unpaired) electrons. The summed E-state index contributed by atoms with van der Waals surface area (Å²) in [6.45, 7) is 1.82. The van der Waals surface area contributed by atoms with Crippen molar-refractivity contribution in [2.75, 3.05) is 0 Å². The van der Waals surface area contributed by atoms with Gasteiger partial charge in [0.15, 0.2) is 0 Å². The maximum absolute atomic E-state index is 13.0. The van der Waals surface area contributed by atoms with Crippen LogP contribution in [-0.4, -0.2) is 23.4 Å². The van der Waals surface area contributed by atoms with Gasteiger partial charge in [0, 0.05) is 18.6 Å². The molecule has 2 heterocycles. The van der Waals surface area contributed by atoms with Gasteiger partial charge in [-0.1, -0.05) is 6.92 Å². The molecular weight excluding hydrogens is 271 g/mol. The third-order valence-electron chi connectivity index (χ3n) is 2.55. The average molecular weight is 284 g/mol. The molecule has 0 aliphatic carbocycles. The molecule has 1 atom stereocenters. The highest BCUT2D eigenvalue weighted by Crippen LogP contribution is 2.17. The number of hydrogen-bond acceptors (Lipinski definition) is 4. The number of sulfonamides is 1. The Morgan fingerprint density at radius 1 is 1.47 bits per heavy atom. The largest absolute Gasteiger partial charge is 0.347 e. The first-order valence-electron chi connectivity index (χ1n) is 5.65. The molecule has 0 bridgehead atoms. The van der Waals surface area contributed by atoms with E-state index in [0.29, 0.717) is 12.2 Å². The van der Waals surface area contributed by atoms with Crippen molar-refractivity contribution in [3.63, 3.8) is 0 Å². The molecule has 0 saturated carbocycles. The van der Waals surface area contributed by atoms with E-state index >= 15 is 0 Å². The lowest BCUT2D eigenvalue weighted by Crippen LogP contribution is -2.29. The predicted octanol–water partition coefficient (Wildman–Crippen LogP) is 1.37. The molecule has 0 saturated heterocycles. The van der Waals surface area contributed by atoms with Crippen LogP contribution >= 0.6 is 0 Å². The smallest absolute Gasteiger partial charge is 0.242 e. The average Bonchev–Trinajstić information content (AvgIpc) is 2.90. The van der Waals surface area contributed by atoms with Crippen LogP contribution in [0.3, 0.4) is 0 Å². The van der Waals surface area contributed by atoms with E-state index in [1.165, 1.54) is 6.20 Å². The van der Waals surface area contributed by atoms with Crippen molar-refractivity contribution in [2.24, 2.45) is 0 Å². The minimum absolute atomic E-state index is 0.211. The van der Waals surface area contributed by atoms with E-state index in [1.807, 2.05) is 6.92 Å². The van der Waals surface area contributed by atoms with Crippen molar-refractivity contribution in [2.45, 2.75) is 24.3 Å². The fraction of sp³-hybridized carbons (Fsp3) is 0.273. The van der Waals surface area contributed by atoms with Crippen LogP contribution in [0.15, 0.2) is 35.7 Å². The molecule has 1 unspecified atom stereocenters. The van der Waals surface area contributed by atoms with Crippen molar-refractivity contribution >= 4 is 10.0 Å². The summed E-state index contributed by atoms with van der Waals surface area (Å²) in [5.41, 5.74) is 0. The van der Waals surface area contributed by atoms with Crippen LogP contribution in [0.4, 0.5) is 4.39 Å². The molecule has 6 nitrogen and oxygen atoms in total. The highest BCUT2D eigenvalue weighted by molar-refractivity contribution is 7.89. The van der Waals surface area contributed by atoms with Crippen LogP contribution in [0.25, 0.3) is 0 Å². The Hall–Kier alpha value is -1.80. The third kappa shape index (κ3) is 3.15. The highest BCUT2D eigenvalue weighted by Gasteiger charge is 2.22. The van der Waals surface area contributed by atoms with Crippen LogP contribution < -0.4 is 4.72 Å². The first-order valence-corrected chi connectivity index (χ1v) is 7.13. The second kappa shape index (κ2) is 5.45.